The fourth-order valence-electron chi connectivity index (χ4n) is 3.37. The van der Waals surface area contributed by atoms with E-state index in [9.17, 15) is 22.9 Å². The van der Waals surface area contributed by atoms with Gasteiger partial charge in [-0.2, -0.15) is 8.42 Å². The number of nitrogens with zero attached hydrogens (tertiary/aromatic N) is 3. The summed E-state index contributed by atoms with van der Waals surface area (Å²) in [6, 6.07) is 2.99. The number of hydrogen-bond donors (Lipinski definition) is 2. The summed E-state index contributed by atoms with van der Waals surface area (Å²) in [5.74, 6) is -0.0783. The minimum atomic E-state index is -4.51. The van der Waals surface area contributed by atoms with Gasteiger partial charge in [-0.3, -0.25) is 13.7 Å². The third-order valence-electron chi connectivity index (χ3n) is 4.63. The number of rotatable bonds is 4. The van der Waals surface area contributed by atoms with Crippen LogP contribution in [0.4, 0.5) is 0 Å². The smallest absolute Gasteiger partial charge is 0.313 e. The van der Waals surface area contributed by atoms with E-state index in [4.69, 9.17) is 16.0 Å². The molecule has 9 nitrogen and oxygen atoms in total. The zero-order valence-electron chi connectivity index (χ0n) is 15.4. The normalized spacial score (nSPS) is 12.3. The van der Waals surface area contributed by atoms with Crippen molar-refractivity contribution >= 4 is 38.4 Å². The Hall–Kier alpha value is -2.82. The molecule has 29 heavy (non-hydrogen) atoms. The summed E-state index contributed by atoms with van der Waals surface area (Å²) >= 11 is 5.96. The van der Waals surface area contributed by atoms with Gasteiger partial charge in [0, 0.05) is 36.6 Å². The molecular weight excluding hydrogens is 422 g/mol. The van der Waals surface area contributed by atoms with Gasteiger partial charge in [0.1, 0.15) is 22.5 Å². The van der Waals surface area contributed by atoms with Gasteiger partial charge in [-0.05, 0) is 12.5 Å². The Labute approximate surface area is 169 Å². The van der Waals surface area contributed by atoms with Crippen LogP contribution in [-0.2, 0) is 23.6 Å². The largest absolute Gasteiger partial charge is 0.507 e. The molecule has 4 rings (SSSR count). The zero-order valence-corrected chi connectivity index (χ0v) is 17.0. The van der Waals surface area contributed by atoms with Gasteiger partial charge in [-0.25, -0.2) is 4.98 Å². The second-order valence-corrected chi connectivity index (χ2v) is 8.44. The lowest BCUT2D eigenvalue weighted by Crippen LogP contribution is -2.12. The topological polar surface area (TPSA) is 127 Å². The fraction of sp³-hybridized carbons (Fsp3) is 0.222. The van der Waals surface area contributed by atoms with Gasteiger partial charge in [0.2, 0.25) is 10.7 Å². The Bertz CT molecular complexity index is 1450. The molecule has 2 N–H and O–H groups in total. The van der Waals surface area contributed by atoms with Gasteiger partial charge in [-0.1, -0.05) is 24.9 Å². The fourth-order valence-corrected chi connectivity index (χ4v) is 4.05. The Morgan fingerprint density at radius 1 is 1.28 bits per heavy atom. The molecule has 0 aliphatic rings. The molecule has 0 saturated heterocycles. The van der Waals surface area contributed by atoms with E-state index < -0.39 is 20.7 Å². The lowest BCUT2D eigenvalue weighted by molar-refractivity contribution is 0.472. The Kier molecular flexibility index (Phi) is 4.45. The van der Waals surface area contributed by atoms with Gasteiger partial charge < -0.3 is 14.1 Å². The highest BCUT2D eigenvalue weighted by molar-refractivity contribution is 7.85. The molecule has 3 heterocycles. The van der Waals surface area contributed by atoms with Crippen LogP contribution in [0.15, 0.2) is 38.8 Å². The molecule has 4 aromatic rings. The van der Waals surface area contributed by atoms with Gasteiger partial charge in [0.25, 0.3) is 5.56 Å². The summed E-state index contributed by atoms with van der Waals surface area (Å²) in [6.07, 6.45) is 3.60. The lowest BCUT2D eigenvalue weighted by atomic mass is 9.98. The Morgan fingerprint density at radius 2 is 2.00 bits per heavy atom. The van der Waals surface area contributed by atoms with E-state index in [2.05, 4.69) is 4.98 Å². The van der Waals surface area contributed by atoms with Crippen LogP contribution in [-0.4, -0.2) is 32.0 Å². The minimum absolute atomic E-state index is 0.0128. The molecule has 0 aliphatic heterocycles. The van der Waals surface area contributed by atoms with Crippen molar-refractivity contribution in [3.63, 3.8) is 0 Å². The standard InChI is InChI=1S/C18H16ClN3O6S/c1-3-4-10-11(17-20-13(8-21(17)2)29(25,26)27)6-12-15(16(10)23)18(24)22-7-9(19)5-14(22)28-12/h5-8,23H,3-4H2,1-2H3,(H,25,26,27). The molecule has 0 spiro atoms. The van der Waals surface area contributed by atoms with Gasteiger partial charge >= 0.3 is 10.1 Å². The number of phenols is 1. The maximum absolute atomic E-state index is 12.9. The zero-order chi connectivity index (χ0) is 21.1. The quantitative estimate of drug-likeness (QED) is 0.470. The maximum Gasteiger partial charge on any atom is 0.313 e. The monoisotopic (exact) mass is 437 g/mol. The predicted octanol–water partition coefficient (Wildman–Crippen LogP) is 3.00. The number of imidazole rings is 1. The first kappa shape index (κ1) is 19.5. The molecule has 0 fully saturated rings. The summed E-state index contributed by atoms with van der Waals surface area (Å²) in [6.45, 7) is 1.90. The van der Waals surface area contributed by atoms with Crippen molar-refractivity contribution in [3.8, 4) is 17.1 Å². The highest BCUT2D eigenvalue weighted by Gasteiger charge is 2.24. The molecule has 0 aliphatic carbocycles. The molecule has 1 aromatic carbocycles. The highest BCUT2D eigenvalue weighted by Crippen LogP contribution is 2.37. The van der Waals surface area contributed by atoms with Crippen molar-refractivity contribution in [2.45, 2.75) is 24.8 Å². The minimum Gasteiger partial charge on any atom is -0.507 e. The van der Waals surface area contributed by atoms with Crippen molar-refractivity contribution in [1.82, 2.24) is 14.0 Å². The van der Waals surface area contributed by atoms with E-state index in [0.29, 0.717) is 29.0 Å². The number of aromatic hydroxyl groups is 1. The molecule has 0 unspecified atom stereocenters. The Balaban J connectivity index is 2.11. The van der Waals surface area contributed by atoms with Crippen molar-refractivity contribution in [1.29, 1.82) is 0 Å². The van der Waals surface area contributed by atoms with E-state index in [1.807, 2.05) is 6.92 Å². The highest BCUT2D eigenvalue weighted by atomic mass is 35.5. The number of benzene rings is 1. The van der Waals surface area contributed by atoms with E-state index in [1.54, 1.807) is 7.05 Å². The third kappa shape index (κ3) is 3.09. The first-order chi connectivity index (χ1) is 13.6. The van der Waals surface area contributed by atoms with Crippen molar-refractivity contribution < 1.29 is 22.5 Å². The number of aryl methyl sites for hydroxylation is 1. The van der Waals surface area contributed by atoms with E-state index in [0.717, 1.165) is 6.20 Å². The molecule has 0 saturated carbocycles. The summed E-state index contributed by atoms with van der Waals surface area (Å²) in [5, 5.41) is 10.7. The summed E-state index contributed by atoms with van der Waals surface area (Å²) in [7, 11) is -2.95. The molecule has 11 heteroatoms. The summed E-state index contributed by atoms with van der Waals surface area (Å²) < 4.78 is 40.6. The molecule has 152 valence electrons. The molecule has 3 aromatic heterocycles. The molecule has 0 bridgehead atoms. The number of halogens is 1. The van der Waals surface area contributed by atoms with Crippen LogP contribution in [0.1, 0.15) is 18.9 Å². The van der Waals surface area contributed by atoms with Crippen LogP contribution < -0.4 is 5.56 Å². The van der Waals surface area contributed by atoms with E-state index >= 15 is 0 Å². The molecular formula is C18H16ClN3O6S. The number of aromatic nitrogens is 3. The van der Waals surface area contributed by atoms with E-state index in [-0.39, 0.29) is 28.3 Å². The summed E-state index contributed by atoms with van der Waals surface area (Å²) in [4.78, 5) is 16.9. The molecule has 0 amide bonds. The van der Waals surface area contributed by atoms with Crippen LogP contribution in [0, 0.1) is 0 Å². The molecule has 0 atom stereocenters. The predicted molar refractivity (Wildman–Crippen MR) is 106 cm³/mol. The van der Waals surface area contributed by atoms with Crippen molar-refractivity contribution in [3.05, 3.63) is 45.5 Å². The van der Waals surface area contributed by atoms with Crippen LogP contribution in [0.3, 0.4) is 0 Å². The molecule has 0 radical (unpaired) electrons. The average Bonchev–Trinajstić information content (AvgIpc) is 3.19. The van der Waals surface area contributed by atoms with Crippen LogP contribution in [0.5, 0.6) is 5.75 Å². The number of hydrogen-bond acceptors (Lipinski definition) is 6. The van der Waals surface area contributed by atoms with Crippen LogP contribution in [0.25, 0.3) is 28.1 Å². The lowest BCUT2D eigenvalue weighted by Gasteiger charge is -2.13. The van der Waals surface area contributed by atoms with Gasteiger partial charge in [0.05, 0.1) is 5.02 Å². The third-order valence-corrected chi connectivity index (χ3v) is 5.56. The van der Waals surface area contributed by atoms with Crippen molar-refractivity contribution in [2.24, 2.45) is 7.05 Å². The maximum atomic E-state index is 12.9. The van der Waals surface area contributed by atoms with Gasteiger partial charge in [0.15, 0.2) is 0 Å². The summed E-state index contributed by atoms with van der Waals surface area (Å²) in [5.41, 5.74) is 0.605. The second-order valence-electron chi connectivity index (χ2n) is 6.64. The second kappa shape index (κ2) is 6.61. The number of fused-ring (bicyclic) bond motifs is 2. The number of phenolic OH excluding ortho intramolecular Hbond substituents is 1. The van der Waals surface area contributed by atoms with Crippen molar-refractivity contribution in [2.75, 3.05) is 0 Å². The Morgan fingerprint density at radius 3 is 2.62 bits per heavy atom. The van der Waals surface area contributed by atoms with E-state index in [1.165, 1.54) is 27.3 Å². The first-order valence-corrected chi connectivity index (χ1v) is 10.4. The average molecular weight is 438 g/mol. The van der Waals surface area contributed by atoms with Crippen LogP contribution >= 0.6 is 11.6 Å². The van der Waals surface area contributed by atoms with Gasteiger partial charge in [-0.15, -0.1) is 0 Å². The first-order valence-electron chi connectivity index (χ1n) is 8.62. The van der Waals surface area contributed by atoms with Crippen LogP contribution in [0.2, 0.25) is 5.02 Å². The SMILES string of the molecule is CCCc1c(-c2nc(S(=O)(=O)O)cn2C)cc2oc3cc(Cl)cn3c(=O)c2c1O.